The van der Waals surface area contributed by atoms with Gasteiger partial charge in [0.2, 0.25) is 11.8 Å². The van der Waals surface area contributed by atoms with Crippen molar-refractivity contribution >= 4 is 69.5 Å². The van der Waals surface area contributed by atoms with Crippen molar-refractivity contribution in [3.8, 4) is 0 Å². The van der Waals surface area contributed by atoms with Gasteiger partial charge < -0.3 is 10.6 Å². The van der Waals surface area contributed by atoms with Crippen LogP contribution in [0.3, 0.4) is 0 Å². The number of anilines is 2. The monoisotopic (exact) mass is 463 g/mol. The molecule has 0 aliphatic carbocycles. The molecule has 1 saturated heterocycles. The molecule has 1 aliphatic heterocycles. The molecular weight excluding hydrogens is 445 g/mol. The van der Waals surface area contributed by atoms with Crippen LogP contribution in [0.5, 0.6) is 0 Å². The first-order valence-corrected chi connectivity index (χ1v) is 10.5. The summed E-state index contributed by atoms with van der Waals surface area (Å²) in [5, 5.41) is 7.90. The Morgan fingerprint density at radius 3 is 2.57 bits per heavy atom. The number of thioether (sulfide) groups is 1. The first-order valence-electron chi connectivity index (χ1n) is 8.88. The standard InChI is InChI=1S/C20H19Cl2N5O2S/c1-26(2)14-6-3-12(4-7-14)11-24-25-20(23)30-17-10-18(28)27(19(17)29)16-9-13(21)5-8-15(16)22/h3-9,11,17H,10H2,1-2H3,(H2,23,25)/b24-11-/t17-/m1/s1. The van der Waals surface area contributed by atoms with Gasteiger partial charge >= 0.3 is 0 Å². The second-order valence-corrected chi connectivity index (χ2v) is 8.71. The molecule has 1 atom stereocenters. The minimum absolute atomic E-state index is 0.0156. The Bertz CT molecular complexity index is 1020. The van der Waals surface area contributed by atoms with Crippen LogP contribution in [0.15, 0.2) is 52.7 Å². The number of nitrogens with zero attached hydrogens (tertiary/aromatic N) is 4. The Morgan fingerprint density at radius 2 is 1.90 bits per heavy atom. The van der Waals surface area contributed by atoms with Gasteiger partial charge in [0, 0.05) is 31.2 Å². The van der Waals surface area contributed by atoms with E-state index in [1.807, 2.05) is 43.3 Å². The van der Waals surface area contributed by atoms with E-state index in [9.17, 15) is 9.59 Å². The van der Waals surface area contributed by atoms with E-state index >= 15 is 0 Å². The molecule has 2 amide bonds. The number of carbonyl (C=O) groups is 2. The van der Waals surface area contributed by atoms with Gasteiger partial charge in [-0.1, -0.05) is 47.1 Å². The quantitative estimate of drug-likeness (QED) is 0.315. The first-order chi connectivity index (χ1) is 14.3. The van der Waals surface area contributed by atoms with Crippen molar-refractivity contribution in [1.29, 1.82) is 0 Å². The minimum Gasteiger partial charge on any atom is -0.378 e. The Balaban J connectivity index is 1.66. The number of imide groups is 1. The Morgan fingerprint density at radius 1 is 1.20 bits per heavy atom. The van der Waals surface area contributed by atoms with Crippen molar-refractivity contribution in [2.45, 2.75) is 11.7 Å². The Hall–Kier alpha value is -2.55. The van der Waals surface area contributed by atoms with Crippen LogP contribution < -0.4 is 15.5 Å². The maximum atomic E-state index is 12.7. The lowest BCUT2D eigenvalue weighted by atomic mass is 10.2. The number of nitrogens with two attached hydrogens (primary N) is 1. The van der Waals surface area contributed by atoms with Crippen LogP contribution in [0.2, 0.25) is 10.0 Å². The van der Waals surface area contributed by atoms with Gasteiger partial charge in [0.25, 0.3) is 0 Å². The van der Waals surface area contributed by atoms with Gasteiger partial charge in [-0.05, 0) is 35.9 Å². The molecule has 0 aromatic heterocycles. The molecule has 0 saturated carbocycles. The highest BCUT2D eigenvalue weighted by molar-refractivity contribution is 8.14. The summed E-state index contributed by atoms with van der Waals surface area (Å²) in [5.74, 6) is -0.797. The predicted octanol–water partition coefficient (Wildman–Crippen LogP) is 3.77. The highest BCUT2D eigenvalue weighted by Crippen LogP contribution is 2.35. The van der Waals surface area contributed by atoms with E-state index in [0.29, 0.717) is 5.02 Å². The molecular formula is C20H19Cl2N5O2S. The molecule has 0 spiro atoms. The summed E-state index contributed by atoms with van der Waals surface area (Å²) in [4.78, 5) is 28.1. The second-order valence-electron chi connectivity index (χ2n) is 6.64. The number of amides is 2. The van der Waals surface area contributed by atoms with E-state index in [1.165, 1.54) is 12.1 Å². The number of benzene rings is 2. The summed E-state index contributed by atoms with van der Waals surface area (Å²) in [6, 6.07) is 12.3. The van der Waals surface area contributed by atoms with Crippen molar-refractivity contribution in [2.24, 2.45) is 15.9 Å². The third-order valence-corrected chi connectivity index (χ3v) is 5.82. The first kappa shape index (κ1) is 22.1. The molecule has 156 valence electrons. The number of rotatable bonds is 5. The van der Waals surface area contributed by atoms with Crippen molar-refractivity contribution in [3.05, 3.63) is 58.1 Å². The number of hydrogen-bond donors (Lipinski definition) is 1. The van der Waals surface area contributed by atoms with E-state index in [0.717, 1.165) is 27.9 Å². The van der Waals surface area contributed by atoms with E-state index < -0.39 is 11.2 Å². The largest absolute Gasteiger partial charge is 0.378 e. The number of hydrogen-bond acceptors (Lipinski definition) is 6. The summed E-state index contributed by atoms with van der Waals surface area (Å²) in [5.41, 5.74) is 8.08. The van der Waals surface area contributed by atoms with Crippen LogP contribution in [0, 0.1) is 0 Å². The fourth-order valence-corrected chi connectivity index (χ4v) is 3.97. The van der Waals surface area contributed by atoms with Crippen LogP contribution in [0.1, 0.15) is 12.0 Å². The van der Waals surface area contributed by atoms with Gasteiger partial charge in [-0.3, -0.25) is 9.59 Å². The molecule has 2 aromatic carbocycles. The molecule has 3 rings (SSSR count). The molecule has 0 bridgehead atoms. The molecule has 7 nitrogen and oxygen atoms in total. The fourth-order valence-electron chi connectivity index (χ4n) is 2.79. The summed E-state index contributed by atoms with van der Waals surface area (Å²) >= 11 is 13.1. The second kappa shape index (κ2) is 9.51. The third kappa shape index (κ3) is 5.13. The lowest BCUT2D eigenvalue weighted by Gasteiger charge is -2.16. The van der Waals surface area contributed by atoms with Crippen molar-refractivity contribution in [1.82, 2.24) is 0 Å². The molecule has 1 aliphatic rings. The number of amidine groups is 1. The average Bonchev–Trinajstić information content (AvgIpc) is 2.97. The topological polar surface area (TPSA) is 91.4 Å². The zero-order valence-corrected chi connectivity index (χ0v) is 18.6. The van der Waals surface area contributed by atoms with Crippen LogP contribution in [-0.2, 0) is 9.59 Å². The highest BCUT2D eigenvalue weighted by atomic mass is 35.5. The molecule has 0 radical (unpaired) electrons. The smallest absolute Gasteiger partial charge is 0.247 e. The van der Waals surface area contributed by atoms with E-state index in [-0.39, 0.29) is 28.2 Å². The highest BCUT2D eigenvalue weighted by Gasteiger charge is 2.41. The maximum absolute atomic E-state index is 12.7. The van der Waals surface area contributed by atoms with Crippen LogP contribution in [0.4, 0.5) is 11.4 Å². The van der Waals surface area contributed by atoms with Crippen LogP contribution >= 0.6 is 35.0 Å². The van der Waals surface area contributed by atoms with E-state index in [4.69, 9.17) is 28.9 Å². The van der Waals surface area contributed by atoms with Gasteiger partial charge in [-0.15, -0.1) is 5.10 Å². The van der Waals surface area contributed by atoms with Crippen LogP contribution in [0.25, 0.3) is 0 Å². The van der Waals surface area contributed by atoms with Crippen molar-refractivity contribution < 1.29 is 9.59 Å². The summed E-state index contributed by atoms with van der Waals surface area (Å²) in [7, 11) is 3.92. The van der Waals surface area contributed by atoms with Gasteiger partial charge in [0.1, 0.15) is 5.25 Å². The average molecular weight is 464 g/mol. The summed E-state index contributed by atoms with van der Waals surface area (Å²) in [6.07, 6.45) is 1.55. The summed E-state index contributed by atoms with van der Waals surface area (Å²) in [6.45, 7) is 0. The van der Waals surface area contributed by atoms with Gasteiger partial charge in [0.15, 0.2) is 5.17 Å². The summed E-state index contributed by atoms with van der Waals surface area (Å²) < 4.78 is 0. The molecule has 10 heteroatoms. The zero-order valence-electron chi connectivity index (χ0n) is 16.3. The molecule has 2 N–H and O–H groups in total. The fraction of sp³-hybridized carbons (Fsp3) is 0.200. The molecule has 0 unspecified atom stereocenters. The minimum atomic E-state index is -0.703. The van der Waals surface area contributed by atoms with Gasteiger partial charge in [-0.25, -0.2) is 4.90 Å². The lowest BCUT2D eigenvalue weighted by Crippen LogP contribution is -2.32. The molecule has 2 aromatic rings. The van der Waals surface area contributed by atoms with Crippen LogP contribution in [-0.4, -0.2) is 42.5 Å². The van der Waals surface area contributed by atoms with E-state index in [1.54, 1.807) is 12.3 Å². The van der Waals surface area contributed by atoms with Gasteiger partial charge in [0.05, 0.1) is 16.9 Å². The number of halogens is 2. The zero-order chi connectivity index (χ0) is 21.8. The molecule has 1 heterocycles. The number of carbonyl (C=O) groups excluding carboxylic acids is 2. The van der Waals surface area contributed by atoms with Crippen molar-refractivity contribution in [2.75, 3.05) is 23.9 Å². The lowest BCUT2D eigenvalue weighted by molar-refractivity contribution is -0.121. The Labute approximate surface area is 188 Å². The van der Waals surface area contributed by atoms with Crippen molar-refractivity contribution in [3.63, 3.8) is 0 Å². The van der Waals surface area contributed by atoms with Gasteiger partial charge in [-0.2, -0.15) is 5.10 Å². The SMILES string of the molecule is CN(C)c1ccc(/C=N\N=C(N)S[C@@H]2CC(=O)N(c3cc(Cl)ccc3Cl)C2=O)cc1. The predicted molar refractivity (Wildman–Crippen MR) is 125 cm³/mol. The van der Waals surface area contributed by atoms with E-state index in [2.05, 4.69) is 10.2 Å². The Kier molecular flexibility index (Phi) is 7.02. The third-order valence-electron chi connectivity index (χ3n) is 4.29. The molecule has 30 heavy (non-hydrogen) atoms. The molecule has 1 fully saturated rings. The normalized spacial score (nSPS) is 17.3. The maximum Gasteiger partial charge on any atom is 0.247 e.